The Morgan fingerprint density at radius 3 is 1.96 bits per heavy atom. The number of anilines is 1. The topological polar surface area (TPSA) is 66.5 Å². The second kappa shape index (κ2) is 9.24. The highest BCUT2D eigenvalue weighted by atomic mass is 32.2. The number of carbonyl (C=O) groups is 1. The van der Waals surface area contributed by atoms with E-state index in [-0.39, 0.29) is 18.5 Å². The first-order valence-electron chi connectivity index (χ1n) is 9.57. The number of hydrogen-bond acceptors (Lipinski definition) is 3. The molecule has 0 saturated carbocycles. The molecule has 6 heteroatoms. The SMILES string of the molecule is CCc1ccc([C@@H](C)NC(=O)CN(c2ccc(C(C)C)cc2)S(C)(=O)=O)cc1. The van der Waals surface area contributed by atoms with Crippen LogP contribution >= 0.6 is 0 Å². The summed E-state index contributed by atoms with van der Waals surface area (Å²) in [5, 5.41) is 2.89. The van der Waals surface area contributed by atoms with Crippen LogP contribution in [-0.2, 0) is 21.2 Å². The summed E-state index contributed by atoms with van der Waals surface area (Å²) in [6.07, 6.45) is 2.07. The quantitative estimate of drug-likeness (QED) is 0.725. The maximum atomic E-state index is 12.5. The van der Waals surface area contributed by atoms with Crippen LogP contribution in [0.2, 0.25) is 0 Å². The first kappa shape index (κ1) is 22.0. The van der Waals surface area contributed by atoms with Gasteiger partial charge in [-0.3, -0.25) is 9.10 Å². The summed E-state index contributed by atoms with van der Waals surface area (Å²) >= 11 is 0. The molecule has 0 aliphatic heterocycles. The van der Waals surface area contributed by atoms with Crippen molar-refractivity contribution in [3.63, 3.8) is 0 Å². The fourth-order valence-corrected chi connectivity index (χ4v) is 3.82. The van der Waals surface area contributed by atoms with Gasteiger partial charge in [-0.05, 0) is 48.1 Å². The Labute approximate surface area is 168 Å². The van der Waals surface area contributed by atoms with Gasteiger partial charge in [-0.25, -0.2) is 8.42 Å². The minimum Gasteiger partial charge on any atom is -0.348 e. The summed E-state index contributed by atoms with van der Waals surface area (Å²) in [7, 11) is -3.58. The average Bonchev–Trinajstić information content (AvgIpc) is 2.65. The Hall–Kier alpha value is -2.34. The van der Waals surface area contributed by atoms with Crippen LogP contribution in [-0.4, -0.2) is 27.1 Å². The van der Waals surface area contributed by atoms with Crippen molar-refractivity contribution in [2.45, 2.75) is 46.1 Å². The van der Waals surface area contributed by atoms with Crippen molar-refractivity contribution in [1.82, 2.24) is 5.32 Å². The Morgan fingerprint density at radius 1 is 0.964 bits per heavy atom. The van der Waals surface area contributed by atoms with Gasteiger partial charge in [0, 0.05) is 0 Å². The first-order valence-corrected chi connectivity index (χ1v) is 11.4. The average molecular weight is 403 g/mol. The Balaban J connectivity index is 2.12. The number of sulfonamides is 1. The van der Waals surface area contributed by atoms with Gasteiger partial charge in [0.1, 0.15) is 6.54 Å². The zero-order chi connectivity index (χ0) is 20.9. The molecule has 152 valence electrons. The van der Waals surface area contributed by atoms with Crippen molar-refractivity contribution < 1.29 is 13.2 Å². The predicted octanol–water partition coefficient (Wildman–Crippen LogP) is 4.02. The van der Waals surface area contributed by atoms with Crippen LogP contribution in [0, 0.1) is 0 Å². The standard InChI is InChI=1S/C22H30N2O3S/c1-6-18-7-9-20(10-8-18)17(4)23-22(25)15-24(28(5,26)27)21-13-11-19(12-14-21)16(2)3/h7-14,16-17H,6,15H2,1-5H3,(H,23,25)/t17-/m1/s1. The third-order valence-electron chi connectivity index (χ3n) is 4.80. The Bertz CT molecular complexity index is 888. The molecule has 2 rings (SSSR count). The molecule has 2 aromatic carbocycles. The smallest absolute Gasteiger partial charge is 0.241 e. The highest BCUT2D eigenvalue weighted by Gasteiger charge is 2.22. The third-order valence-corrected chi connectivity index (χ3v) is 5.94. The molecule has 0 spiro atoms. The van der Waals surface area contributed by atoms with Crippen LogP contribution in [0.1, 0.15) is 56.3 Å². The van der Waals surface area contributed by atoms with Gasteiger partial charge in [0.05, 0.1) is 18.0 Å². The number of amides is 1. The molecule has 1 atom stereocenters. The lowest BCUT2D eigenvalue weighted by Crippen LogP contribution is -2.41. The van der Waals surface area contributed by atoms with Crippen molar-refractivity contribution in [3.05, 3.63) is 65.2 Å². The number of carbonyl (C=O) groups excluding carboxylic acids is 1. The minimum absolute atomic E-state index is 0.205. The lowest BCUT2D eigenvalue weighted by Gasteiger charge is -2.23. The van der Waals surface area contributed by atoms with E-state index in [9.17, 15) is 13.2 Å². The van der Waals surface area contributed by atoms with E-state index in [1.807, 2.05) is 43.3 Å². The van der Waals surface area contributed by atoms with Gasteiger partial charge in [0.2, 0.25) is 15.9 Å². The molecule has 1 amide bonds. The van der Waals surface area contributed by atoms with E-state index in [2.05, 4.69) is 26.1 Å². The lowest BCUT2D eigenvalue weighted by atomic mass is 10.0. The summed E-state index contributed by atoms with van der Waals surface area (Å²) in [5.74, 6) is 0.00871. The predicted molar refractivity (Wildman–Crippen MR) is 115 cm³/mol. The van der Waals surface area contributed by atoms with Crippen molar-refractivity contribution >= 4 is 21.6 Å². The zero-order valence-corrected chi connectivity index (χ0v) is 18.1. The molecule has 0 aliphatic carbocycles. The van der Waals surface area contributed by atoms with E-state index < -0.39 is 10.0 Å². The number of nitrogens with one attached hydrogen (secondary N) is 1. The molecule has 0 heterocycles. The minimum atomic E-state index is -3.58. The molecule has 0 bridgehead atoms. The number of rotatable bonds is 8. The van der Waals surface area contributed by atoms with Gasteiger partial charge in [-0.15, -0.1) is 0 Å². The van der Waals surface area contributed by atoms with Crippen molar-refractivity contribution in [2.75, 3.05) is 17.1 Å². The number of hydrogen-bond donors (Lipinski definition) is 1. The maximum absolute atomic E-state index is 12.5. The zero-order valence-electron chi connectivity index (χ0n) is 17.3. The number of aryl methyl sites for hydroxylation is 1. The van der Waals surface area contributed by atoms with E-state index in [0.29, 0.717) is 11.6 Å². The summed E-state index contributed by atoms with van der Waals surface area (Å²) in [6.45, 7) is 7.88. The second-order valence-corrected chi connectivity index (χ2v) is 9.31. The summed E-state index contributed by atoms with van der Waals surface area (Å²) in [6, 6.07) is 15.1. The van der Waals surface area contributed by atoms with Gasteiger partial charge in [-0.1, -0.05) is 57.2 Å². The van der Waals surface area contributed by atoms with Crippen LogP contribution < -0.4 is 9.62 Å². The summed E-state index contributed by atoms with van der Waals surface area (Å²) in [5.41, 5.74) is 3.82. The normalized spacial score (nSPS) is 12.6. The molecule has 2 aromatic rings. The van der Waals surface area contributed by atoms with E-state index in [4.69, 9.17) is 0 Å². The van der Waals surface area contributed by atoms with Crippen LogP contribution in [0.3, 0.4) is 0 Å². The largest absolute Gasteiger partial charge is 0.348 e. The van der Waals surface area contributed by atoms with Gasteiger partial charge in [-0.2, -0.15) is 0 Å². The van der Waals surface area contributed by atoms with E-state index >= 15 is 0 Å². The fourth-order valence-electron chi connectivity index (χ4n) is 2.97. The van der Waals surface area contributed by atoms with Crippen LogP contribution in [0.15, 0.2) is 48.5 Å². The highest BCUT2D eigenvalue weighted by molar-refractivity contribution is 7.92. The molecule has 0 fully saturated rings. The van der Waals surface area contributed by atoms with Crippen LogP contribution in [0.25, 0.3) is 0 Å². The van der Waals surface area contributed by atoms with Crippen molar-refractivity contribution in [1.29, 1.82) is 0 Å². The molecular formula is C22H30N2O3S. The highest BCUT2D eigenvalue weighted by Crippen LogP contribution is 2.22. The van der Waals surface area contributed by atoms with Gasteiger partial charge >= 0.3 is 0 Å². The molecule has 0 saturated heterocycles. The molecule has 0 aromatic heterocycles. The monoisotopic (exact) mass is 402 g/mol. The summed E-state index contributed by atoms with van der Waals surface area (Å²) < 4.78 is 25.7. The van der Waals surface area contributed by atoms with Crippen LogP contribution in [0.4, 0.5) is 5.69 Å². The Morgan fingerprint density at radius 2 is 1.50 bits per heavy atom. The lowest BCUT2D eigenvalue weighted by molar-refractivity contribution is -0.120. The van der Waals surface area contributed by atoms with Crippen LogP contribution in [0.5, 0.6) is 0 Å². The molecule has 0 radical (unpaired) electrons. The molecular weight excluding hydrogens is 372 g/mol. The van der Waals surface area contributed by atoms with E-state index in [1.165, 1.54) is 5.56 Å². The van der Waals surface area contributed by atoms with E-state index in [0.717, 1.165) is 28.1 Å². The van der Waals surface area contributed by atoms with Crippen molar-refractivity contribution in [2.24, 2.45) is 0 Å². The second-order valence-electron chi connectivity index (χ2n) is 7.40. The molecule has 0 aliphatic rings. The first-order chi connectivity index (χ1) is 13.1. The van der Waals surface area contributed by atoms with Gasteiger partial charge in [0.15, 0.2) is 0 Å². The summed E-state index contributed by atoms with van der Waals surface area (Å²) in [4.78, 5) is 12.5. The molecule has 1 N–H and O–H groups in total. The third kappa shape index (κ3) is 5.83. The van der Waals surface area contributed by atoms with E-state index in [1.54, 1.807) is 12.1 Å². The molecule has 0 unspecified atom stereocenters. The Kier molecular flexibility index (Phi) is 7.24. The van der Waals surface area contributed by atoms with Gasteiger partial charge < -0.3 is 5.32 Å². The maximum Gasteiger partial charge on any atom is 0.241 e. The molecule has 28 heavy (non-hydrogen) atoms. The number of nitrogens with zero attached hydrogens (tertiary/aromatic N) is 1. The van der Waals surface area contributed by atoms with Crippen molar-refractivity contribution in [3.8, 4) is 0 Å². The van der Waals surface area contributed by atoms with Gasteiger partial charge in [0.25, 0.3) is 0 Å². The molecule has 5 nitrogen and oxygen atoms in total. The fraction of sp³-hybridized carbons (Fsp3) is 0.409. The number of benzene rings is 2.